The van der Waals surface area contributed by atoms with Gasteiger partial charge in [-0.15, -0.1) is 0 Å². The third-order valence-electron chi connectivity index (χ3n) is 1.57. The van der Waals surface area contributed by atoms with Gasteiger partial charge in [0.15, 0.2) is 0 Å². The predicted molar refractivity (Wildman–Crippen MR) is 48.2 cm³/mol. The molecule has 0 unspecified atom stereocenters. The van der Waals surface area contributed by atoms with E-state index in [4.69, 9.17) is 10.4 Å². The number of nitrogens with zero attached hydrogens (tertiary/aromatic N) is 2. The van der Waals surface area contributed by atoms with Gasteiger partial charge in [-0.2, -0.15) is 5.26 Å². The fourth-order valence-electron chi connectivity index (χ4n) is 0.916. The minimum Gasteiger partial charge on any atom is -0.506 e. The molecule has 0 saturated carbocycles. The van der Waals surface area contributed by atoms with Crippen LogP contribution in [0.25, 0.3) is 0 Å². The molecule has 0 bridgehead atoms. The van der Waals surface area contributed by atoms with Crippen LogP contribution in [-0.2, 0) is 5.33 Å². The molecule has 0 aliphatic heterocycles. The van der Waals surface area contributed by atoms with Gasteiger partial charge >= 0.3 is 0 Å². The standard InChI is InChI=1S/C8H5BrF2N2O/c9-2-4-1-6(14)7(8(10)11)13-5(4)3-12/h1,8,14H,2H2. The monoisotopic (exact) mass is 262 g/mol. The van der Waals surface area contributed by atoms with Crippen molar-refractivity contribution >= 4 is 15.9 Å². The van der Waals surface area contributed by atoms with Crippen molar-refractivity contribution in [3.8, 4) is 11.8 Å². The first-order chi connectivity index (χ1) is 6.60. The summed E-state index contributed by atoms with van der Waals surface area (Å²) in [4.78, 5) is 3.37. The minimum atomic E-state index is -2.88. The summed E-state index contributed by atoms with van der Waals surface area (Å²) < 4.78 is 24.5. The summed E-state index contributed by atoms with van der Waals surface area (Å²) in [7, 11) is 0. The number of pyridine rings is 1. The molecular formula is C8H5BrF2N2O. The van der Waals surface area contributed by atoms with E-state index in [1.54, 1.807) is 6.07 Å². The molecule has 0 saturated heterocycles. The van der Waals surface area contributed by atoms with Gasteiger partial charge in [0.05, 0.1) is 0 Å². The quantitative estimate of drug-likeness (QED) is 0.834. The summed E-state index contributed by atoms with van der Waals surface area (Å²) in [5.41, 5.74) is -0.476. The van der Waals surface area contributed by atoms with E-state index in [0.29, 0.717) is 5.56 Å². The Bertz CT molecular complexity index is 390. The van der Waals surface area contributed by atoms with Crippen LogP contribution in [0.15, 0.2) is 6.07 Å². The molecule has 74 valence electrons. The fraction of sp³-hybridized carbons (Fsp3) is 0.250. The van der Waals surface area contributed by atoms with Crippen LogP contribution in [0.5, 0.6) is 5.75 Å². The van der Waals surface area contributed by atoms with E-state index in [2.05, 4.69) is 20.9 Å². The molecule has 1 N–H and O–H groups in total. The zero-order valence-electron chi connectivity index (χ0n) is 6.84. The molecule has 1 aromatic heterocycles. The second kappa shape index (κ2) is 4.33. The number of hydrogen-bond acceptors (Lipinski definition) is 3. The molecule has 1 aromatic rings. The van der Waals surface area contributed by atoms with Crippen molar-refractivity contribution in [1.82, 2.24) is 4.98 Å². The largest absolute Gasteiger partial charge is 0.506 e. The average molecular weight is 263 g/mol. The molecule has 0 aliphatic rings. The lowest BCUT2D eigenvalue weighted by molar-refractivity contribution is 0.141. The van der Waals surface area contributed by atoms with E-state index in [-0.39, 0.29) is 11.0 Å². The van der Waals surface area contributed by atoms with Gasteiger partial charge in [-0.25, -0.2) is 13.8 Å². The van der Waals surface area contributed by atoms with E-state index in [1.165, 1.54) is 0 Å². The summed E-state index contributed by atoms with van der Waals surface area (Å²) >= 11 is 3.06. The van der Waals surface area contributed by atoms with Crippen molar-refractivity contribution in [1.29, 1.82) is 5.26 Å². The van der Waals surface area contributed by atoms with Crippen LogP contribution in [0.2, 0.25) is 0 Å². The van der Waals surface area contributed by atoms with Crippen molar-refractivity contribution in [3.05, 3.63) is 23.0 Å². The smallest absolute Gasteiger partial charge is 0.284 e. The molecule has 0 atom stereocenters. The summed E-state index contributed by atoms with van der Waals surface area (Å²) in [6.07, 6.45) is -2.88. The normalized spacial score (nSPS) is 10.2. The molecule has 0 amide bonds. The van der Waals surface area contributed by atoms with Crippen LogP contribution in [-0.4, -0.2) is 10.1 Å². The lowest BCUT2D eigenvalue weighted by atomic mass is 10.2. The van der Waals surface area contributed by atoms with Crippen molar-refractivity contribution < 1.29 is 13.9 Å². The Morgan fingerprint density at radius 1 is 1.64 bits per heavy atom. The van der Waals surface area contributed by atoms with Gasteiger partial charge in [0.1, 0.15) is 23.2 Å². The van der Waals surface area contributed by atoms with E-state index in [9.17, 15) is 8.78 Å². The Hall–Kier alpha value is -1.22. The predicted octanol–water partition coefficient (Wildman–Crippen LogP) is 2.49. The third-order valence-corrected chi connectivity index (χ3v) is 2.17. The second-order valence-corrected chi connectivity index (χ2v) is 3.01. The summed E-state index contributed by atoms with van der Waals surface area (Å²) in [6, 6.07) is 2.80. The highest BCUT2D eigenvalue weighted by atomic mass is 79.9. The number of hydrogen-bond donors (Lipinski definition) is 1. The van der Waals surface area contributed by atoms with Crippen molar-refractivity contribution in [2.75, 3.05) is 0 Å². The highest BCUT2D eigenvalue weighted by Gasteiger charge is 2.17. The number of halogens is 3. The molecule has 1 heterocycles. The number of aromatic nitrogens is 1. The van der Waals surface area contributed by atoms with Crippen LogP contribution in [0.3, 0.4) is 0 Å². The van der Waals surface area contributed by atoms with Gasteiger partial charge in [-0.1, -0.05) is 15.9 Å². The molecule has 14 heavy (non-hydrogen) atoms. The summed E-state index contributed by atoms with van der Waals surface area (Å²) in [5, 5.41) is 18.0. The Morgan fingerprint density at radius 3 is 2.71 bits per heavy atom. The molecule has 0 aromatic carbocycles. The molecule has 0 aliphatic carbocycles. The molecule has 3 nitrogen and oxygen atoms in total. The fourth-order valence-corrected chi connectivity index (χ4v) is 1.34. The van der Waals surface area contributed by atoms with E-state index in [0.717, 1.165) is 6.07 Å². The maximum absolute atomic E-state index is 12.2. The van der Waals surface area contributed by atoms with Crippen LogP contribution in [0.1, 0.15) is 23.4 Å². The molecule has 1 rings (SSSR count). The van der Waals surface area contributed by atoms with Crippen LogP contribution in [0, 0.1) is 11.3 Å². The molecule has 6 heteroatoms. The number of rotatable bonds is 2. The van der Waals surface area contributed by atoms with Crippen LogP contribution < -0.4 is 0 Å². The topological polar surface area (TPSA) is 56.9 Å². The zero-order chi connectivity index (χ0) is 10.7. The second-order valence-electron chi connectivity index (χ2n) is 2.45. The summed E-state index contributed by atoms with van der Waals surface area (Å²) in [6.45, 7) is 0. The van der Waals surface area contributed by atoms with Gasteiger partial charge in [0.25, 0.3) is 6.43 Å². The molecular weight excluding hydrogens is 258 g/mol. The average Bonchev–Trinajstić information content (AvgIpc) is 2.16. The van der Waals surface area contributed by atoms with Gasteiger partial charge in [-0.05, 0) is 6.07 Å². The number of alkyl halides is 3. The van der Waals surface area contributed by atoms with Crippen LogP contribution >= 0.6 is 15.9 Å². The number of nitriles is 1. The van der Waals surface area contributed by atoms with Crippen molar-refractivity contribution in [3.63, 3.8) is 0 Å². The first-order valence-corrected chi connectivity index (χ1v) is 4.69. The maximum atomic E-state index is 12.2. The van der Waals surface area contributed by atoms with Gasteiger partial charge in [0.2, 0.25) is 0 Å². The highest BCUT2D eigenvalue weighted by molar-refractivity contribution is 9.08. The molecule has 0 spiro atoms. The zero-order valence-corrected chi connectivity index (χ0v) is 8.42. The first kappa shape index (κ1) is 10.9. The van der Waals surface area contributed by atoms with E-state index < -0.39 is 17.9 Å². The van der Waals surface area contributed by atoms with Gasteiger partial charge in [0, 0.05) is 10.9 Å². The number of aromatic hydroxyl groups is 1. The lowest BCUT2D eigenvalue weighted by Gasteiger charge is -2.05. The Balaban J connectivity index is 3.32. The Labute approximate surface area is 87.1 Å². The first-order valence-electron chi connectivity index (χ1n) is 3.57. The van der Waals surface area contributed by atoms with Crippen molar-refractivity contribution in [2.45, 2.75) is 11.8 Å². The van der Waals surface area contributed by atoms with E-state index >= 15 is 0 Å². The van der Waals surface area contributed by atoms with Crippen molar-refractivity contribution in [2.24, 2.45) is 0 Å². The van der Waals surface area contributed by atoms with Gasteiger partial charge in [-0.3, -0.25) is 0 Å². The Morgan fingerprint density at radius 2 is 2.29 bits per heavy atom. The Kier molecular flexibility index (Phi) is 3.36. The van der Waals surface area contributed by atoms with Crippen LogP contribution in [0.4, 0.5) is 8.78 Å². The van der Waals surface area contributed by atoms with Gasteiger partial charge < -0.3 is 5.11 Å². The lowest BCUT2D eigenvalue weighted by Crippen LogP contribution is -1.98. The maximum Gasteiger partial charge on any atom is 0.284 e. The minimum absolute atomic E-state index is 0.102. The third kappa shape index (κ3) is 1.99. The molecule has 0 radical (unpaired) electrons. The summed E-state index contributed by atoms with van der Waals surface area (Å²) in [5.74, 6) is -0.589. The van der Waals surface area contributed by atoms with E-state index in [1.807, 2.05) is 0 Å². The molecule has 0 fully saturated rings. The highest BCUT2D eigenvalue weighted by Crippen LogP contribution is 2.28. The SMILES string of the molecule is N#Cc1nc(C(F)F)c(O)cc1CBr.